The van der Waals surface area contributed by atoms with Gasteiger partial charge >= 0.3 is 0 Å². The lowest BCUT2D eigenvalue weighted by molar-refractivity contribution is 0.0278. The number of hydrogen-bond acceptors (Lipinski definition) is 3. The highest BCUT2D eigenvalue weighted by molar-refractivity contribution is 9.10. The molecule has 0 bridgehead atoms. The molecule has 2 heterocycles. The first-order valence-electron chi connectivity index (χ1n) is 7.03. The van der Waals surface area contributed by atoms with E-state index in [4.69, 9.17) is 4.74 Å². The van der Waals surface area contributed by atoms with Gasteiger partial charge in [-0.05, 0) is 37.5 Å². The Kier molecular flexibility index (Phi) is 4.06. The molecule has 1 aromatic carbocycles. The van der Waals surface area contributed by atoms with Crippen LogP contribution in [0.2, 0.25) is 0 Å². The number of nitrogens with zero attached hydrogens (tertiary/aromatic N) is 1. The van der Waals surface area contributed by atoms with Gasteiger partial charge in [0.1, 0.15) is 0 Å². The van der Waals surface area contributed by atoms with E-state index >= 15 is 0 Å². The molecule has 4 heteroatoms. The van der Waals surface area contributed by atoms with Gasteiger partial charge < -0.3 is 10.1 Å². The summed E-state index contributed by atoms with van der Waals surface area (Å²) in [5, 5.41) is 4.81. The quantitative estimate of drug-likeness (QED) is 0.930. The minimum absolute atomic E-state index is 0.0758. The molecule has 3 rings (SSSR count). The normalized spacial score (nSPS) is 23.1. The fraction of sp³-hybridized carbons (Fsp3) is 0.438. The van der Waals surface area contributed by atoms with Gasteiger partial charge in [-0.25, -0.2) is 0 Å². The molecule has 0 radical (unpaired) electrons. The largest absolute Gasteiger partial charge is 0.380 e. The van der Waals surface area contributed by atoms with Crippen LogP contribution in [0.5, 0.6) is 0 Å². The van der Waals surface area contributed by atoms with Crippen molar-refractivity contribution in [1.29, 1.82) is 0 Å². The highest BCUT2D eigenvalue weighted by Gasteiger charge is 2.26. The number of pyridine rings is 1. The molecule has 1 atom stereocenters. The van der Waals surface area contributed by atoms with Crippen LogP contribution >= 0.6 is 15.9 Å². The van der Waals surface area contributed by atoms with Gasteiger partial charge in [-0.1, -0.05) is 28.1 Å². The van der Waals surface area contributed by atoms with Crippen molar-refractivity contribution in [2.45, 2.75) is 31.8 Å². The van der Waals surface area contributed by atoms with Crippen LogP contribution in [0.1, 0.15) is 25.3 Å². The lowest BCUT2D eigenvalue weighted by Gasteiger charge is -2.34. The predicted molar refractivity (Wildman–Crippen MR) is 84.7 cm³/mol. The maximum Gasteiger partial charge on any atom is 0.0758 e. The van der Waals surface area contributed by atoms with E-state index in [1.54, 1.807) is 0 Å². The Morgan fingerprint density at radius 1 is 1.40 bits per heavy atom. The standard InChI is InChI=1S/C16H19BrN2O/c1-16(7-3-9-20-11-16)19-10-12-5-6-14(17)13-4-2-8-18-15(12)13/h2,4-6,8,19H,3,7,9-11H2,1H3. The van der Waals surface area contributed by atoms with Gasteiger partial charge in [0, 0.05) is 34.7 Å². The molecule has 1 aliphatic heterocycles. The van der Waals surface area contributed by atoms with Crippen molar-refractivity contribution in [1.82, 2.24) is 10.3 Å². The number of fused-ring (bicyclic) bond motifs is 1. The molecule has 2 aromatic rings. The molecule has 0 aliphatic carbocycles. The average molecular weight is 335 g/mol. The van der Waals surface area contributed by atoms with Crippen molar-refractivity contribution in [2.24, 2.45) is 0 Å². The molecule has 1 fully saturated rings. The summed E-state index contributed by atoms with van der Waals surface area (Å²) in [6.45, 7) is 4.73. The van der Waals surface area contributed by atoms with Crippen molar-refractivity contribution in [3.8, 4) is 0 Å². The summed E-state index contributed by atoms with van der Waals surface area (Å²) < 4.78 is 6.69. The number of hydrogen-bond donors (Lipinski definition) is 1. The summed E-state index contributed by atoms with van der Waals surface area (Å²) >= 11 is 3.59. The van der Waals surface area contributed by atoms with E-state index in [1.165, 1.54) is 5.56 Å². The Morgan fingerprint density at radius 3 is 3.10 bits per heavy atom. The van der Waals surface area contributed by atoms with E-state index in [-0.39, 0.29) is 5.54 Å². The summed E-state index contributed by atoms with van der Waals surface area (Å²) in [7, 11) is 0. The van der Waals surface area contributed by atoms with Crippen LogP contribution in [0.15, 0.2) is 34.9 Å². The highest BCUT2D eigenvalue weighted by atomic mass is 79.9. The molecular formula is C16H19BrN2O. The van der Waals surface area contributed by atoms with Crippen LogP contribution in [0.25, 0.3) is 10.9 Å². The Labute approximate surface area is 127 Å². The highest BCUT2D eigenvalue weighted by Crippen LogP contribution is 2.26. The van der Waals surface area contributed by atoms with E-state index in [0.717, 1.165) is 48.0 Å². The number of aromatic nitrogens is 1. The Balaban J connectivity index is 1.82. The van der Waals surface area contributed by atoms with Crippen LogP contribution in [0, 0.1) is 0 Å². The first-order valence-corrected chi connectivity index (χ1v) is 7.82. The third-order valence-electron chi connectivity index (χ3n) is 3.94. The Hall–Kier alpha value is -0.970. The molecule has 1 unspecified atom stereocenters. The minimum atomic E-state index is 0.0758. The zero-order valence-corrected chi connectivity index (χ0v) is 13.2. The predicted octanol–water partition coefficient (Wildman–Crippen LogP) is 3.66. The van der Waals surface area contributed by atoms with E-state index < -0.39 is 0 Å². The molecule has 20 heavy (non-hydrogen) atoms. The first kappa shape index (κ1) is 14.0. The SMILES string of the molecule is CC1(NCc2ccc(Br)c3cccnc23)CCCOC1. The van der Waals surface area contributed by atoms with Gasteiger partial charge in [-0.2, -0.15) is 0 Å². The van der Waals surface area contributed by atoms with Gasteiger partial charge in [0.05, 0.1) is 12.1 Å². The first-order chi connectivity index (χ1) is 9.68. The van der Waals surface area contributed by atoms with Crippen LogP contribution in [0.3, 0.4) is 0 Å². The smallest absolute Gasteiger partial charge is 0.0758 e. The summed E-state index contributed by atoms with van der Waals surface area (Å²) in [5.74, 6) is 0. The Morgan fingerprint density at radius 2 is 2.30 bits per heavy atom. The molecule has 1 N–H and O–H groups in total. The van der Waals surface area contributed by atoms with Gasteiger partial charge in [0.25, 0.3) is 0 Å². The summed E-state index contributed by atoms with van der Waals surface area (Å²) in [5.41, 5.74) is 2.37. The van der Waals surface area contributed by atoms with Gasteiger partial charge in [-0.3, -0.25) is 4.98 Å². The number of rotatable bonds is 3. The van der Waals surface area contributed by atoms with Crippen molar-refractivity contribution in [3.05, 3.63) is 40.5 Å². The molecule has 0 amide bonds. The van der Waals surface area contributed by atoms with E-state index in [2.05, 4.69) is 51.4 Å². The summed E-state index contributed by atoms with van der Waals surface area (Å²) in [6, 6.07) is 8.31. The third-order valence-corrected chi connectivity index (χ3v) is 4.64. The monoisotopic (exact) mass is 334 g/mol. The minimum Gasteiger partial charge on any atom is -0.380 e. The molecule has 0 saturated carbocycles. The van der Waals surface area contributed by atoms with Crippen molar-refractivity contribution in [2.75, 3.05) is 13.2 Å². The topological polar surface area (TPSA) is 34.2 Å². The maximum absolute atomic E-state index is 5.59. The van der Waals surface area contributed by atoms with Crippen LogP contribution in [0.4, 0.5) is 0 Å². The molecule has 1 aliphatic rings. The Bertz CT molecular complexity index is 608. The fourth-order valence-electron chi connectivity index (χ4n) is 2.72. The second kappa shape index (κ2) is 5.80. The van der Waals surface area contributed by atoms with Crippen molar-refractivity contribution in [3.63, 3.8) is 0 Å². The third kappa shape index (κ3) is 2.87. The van der Waals surface area contributed by atoms with Crippen LogP contribution < -0.4 is 5.32 Å². The van der Waals surface area contributed by atoms with E-state index in [1.807, 2.05) is 12.3 Å². The van der Waals surface area contributed by atoms with E-state index in [0.29, 0.717) is 0 Å². The van der Waals surface area contributed by atoms with E-state index in [9.17, 15) is 0 Å². The molecule has 106 valence electrons. The van der Waals surface area contributed by atoms with Crippen LogP contribution in [-0.2, 0) is 11.3 Å². The molecule has 3 nitrogen and oxygen atoms in total. The average Bonchev–Trinajstić information content (AvgIpc) is 2.48. The second-order valence-electron chi connectivity index (χ2n) is 5.68. The summed E-state index contributed by atoms with van der Waals surface area (Å²) in [6.07, 6.45) is 4.14. The zero-order chi connectivity index (χ0) is 14.0. The fourth-order valence-corrected chi connectivity index (χ4v) is 3.17. The van der Waals surface area contributed by atoms with Gasteiger partial charge in [0.15, 0.2) is 0 Å². The molecular weight excluding hydrogens is 316 g/mol. The number of benzene rings is 1. The second-order valence-corrected chi connectivity index (χ2v) is 6.53. The van der Waals surface area contributed by atoms with Crippen molar-refractivity contribution < 1.29 is 4.74 Å². The molecule has 1 aromatic heterocycles. The van der Waals surface area contributed by atoms with Gasteiger partial charge in [-0.15, -0.1) is 0 Å². The number of ether oxygens (including phenoxy) is 1. The van der Waals surface area contributed by atoms with Crippen LogP contribution in [-0.4, -0.2) is 23.7 Å². The molecule has 1 saturated heterocycles. The van der Waals surface area contributed by atoms with Crippen molar-refractivity contribution >= 4 is 26.8 Å². The van der Waals surface area contributed by atoms with Gasteiger partial charge in [0.2, 0.25) is 0 Å². The number of nitrogens with one attached hydrogen (secondary N) is 1. The zero-order valence-electron chi connectivity index (χ0n) is 11.7. The number of halogens is 1. The lowest BCUT2D eigenvalue weighted by Crippen LogP contribution is -2.48. The maximum atomic E-state index is 5.59. The lowest BCUT2D eigenvalue weighted by atomic mass is 9.94. The molecule has 0 spiro atoms. The summed E-state index contributed by atoms with van der Waals surface area (Å²) in [4.78, 5) is 4.53.